The van der Waals surface area contributed by atoms with Crippen molar-refractivity contribution in [3.8, 4) is 5.69 Å². The van der Waals surface area contributed by atoms with E-state index in [1.165, 1.54) is 37.8 Å². The Balaban J connectivity index is 1.83. The summed E-state index contributed by atoms with van der Waals surface area (Å²) in [6.45, 7) is 0. The van der Waals surface area contributed by atoms with Crippen molar-refractivity contribution >= 4 is 0 Å². The second kappa shape index (κ2) is 6.23. The molecule has 3 heteroatoms. The molecule has 1 saturated carbocycles. The fourth-order valence-electron chi connectivity index (χ4n) is 3.33. The number of nitrogens with zero attached hydrogens (tertiary/aromatic N) is 2. The lowest BCUT2D eigenvalue weighted by Crippen LogP contribution is -2.22. The monoisotopic (exact) mass is 269 g/mol. The van der Waals surface area contributed by atoms with Gasteiger partial charge in [0, 0.05) is 12.2 Å². The largest absolute Gasteiger partial charge is 0.312 e. The third-order valence-electron chi connectivity index (χ3n) is 4.42. The number of aromatic nitrogens is 2. The third kappa shape index (κ3) is 2.78. The first-order chi connectivity index (χ1) is 9.88. The molecule has 1 heterocycles. The van der Waals surface area contributed by atoms with Crippen LogP contribution in [0.1, 0.15) is 43.8 Å². The van der Waals surface area contributed by atoms with Crippen molar-refractivity contribution in [3.63, 3.8) is 0 Å². The minimum Gasteiger partial charge on any atom is -0.312 e. The molecule has 20 heavy (non-hydrogen) atoms. The predicted octanol–water partition coefficient (Wildman–Crippen LogP) is 3.71. The summed E-state index contributed by atoms with van der Waals surface area (Å²) in [5.74, 6) is 0.867. The maximum absolute atomic E-state index is 4.51. The number of nitrogens with one attached hydrogen (secondary N) is 1. The zero-order chi connectivity index (χ0) is 13.8. The second-order valence-corrected chi connectivity index (χ2v) is 5.73. The van der Waals surface area contributed by atoms with Crippen molar-refractivity contribution in [2.24, 2.45) is 5.92 Å². The van der Waals surface area contributed by atoms with Crippen LogP contribution >= 0.6 is 0 Å². The Morgan fingerprint density at radius 1 is 1.20 bits per heavy atom. The average molecular weight is 269 g/mol. The molecule has 1 aromatic heterocycles. The van der Waals surface area contributed by atoms with Crippen LogP contribution in [-0.4, -0.2) is 16.8 Å². The van der Waals surface area contributed by atoms with Gasteiger partial charge in [-0.15, -0.1) is 0 Å². The number of hydrogen-bond acceptors (Lipinski definition) is 2. The zero-order valence-electron chi connectivity index (χ0n) is 12.1. The molecule has 2 aromatic rings. The Morgan fingerprint density at radius 3 is 2.65 bits per heavy atom. The summed E-state index contributed by atoms with van der Waals surface area (Å²) in [6, 6.07) is 12.9. The van der Waals surface area contributed by atoms with Gasteiger partial charge in [-0.05, 0) is 37.6 Å². The summed E-state index contributed by atoms with van der Waals surface area (Å²) in [5.41, 5.74) is 2.41. The smallest absolute Gasteiger partial charge is 0.0649 e. The molecular weight excluding hydrogens is 246 g/mol. The van der Waals surface area contributed by atoms with E-state index < -0.39 is 0 Å². The van der Waals surface area contributed by atoms with Crippen molar-refractivity contribution in [1.82, 2.24) is 15.1 Å². The first-order valence-corrected chi connectivity index (χ1v) is 7.65. The summed E-state index contributed by atoms with van der Waals surface area (Å²) < 4.78 is 2.07. The van der Waals surface area contributed by atoms with E-state index in [0.717, 1.165) is 11.6 Å². The van der Waals surface area contributed by atoms with E-state index in [4.69, 9.17) is 0 Å². The van der Waals surface area contributed by atoms with Crippen molar-refractivity contribution in [1.29, 1.82) is 0 Å². The molecule has 0 radical (unpaired) electrons. The summed E-state index contributed by atoms with van der Waals surface area (Å²) in [7, 11) is 2.06. The topological polar surface area (TPSA) is 29.9 Å². The van der Waals surface area contributed by atoms with Gasteiger partial charge in [0.15, 0.2) is 0 Å². The van der Waals surface area contributed by atoms with Crippen LogP contribution in [0.25, 0.3) is 5.69 Å². The molecule has 1 unspecified atom stereocenters. The quantitative estimate of drug-likeness (QED) is 0.896. The van der Waals surface area contributed by atoms with Gasteiger partial charge < -0.3 is 5.32 Å². The van der Waals surface area contributed by atoms with Gasteiger partial charge in [0.1, 0.15) is 0 Å². The molecule has 1 atom stereocenters. The van der Waals surface area contributed by atoms with E-state index in [9.17, 15) is 0 Å². The lowest BCUT2D eigenvalue weighted by molar-refractivity contribution is 0.402. The van der Waals surface area contributed by atoms with Crippen LogP contribution in [0.2, 0.25) is 0 Å². The molecule has 0 saturated heterocycles. The van der Waals surface area contributed by atoms with Crippen molar-refractivity contribution in [2.75, 3.05) is 7.05 Å². The van der Waals surface area contributed by atoms with Gasteiger partial charge in [-0.2, -0.15) is 5.10 Å². The number of rotatable bonds is 5. The molecular formula is C17H23N3. The molecule has 0 aliphatic heterocycles. The zero-order valence-corrected chi connectivity index (χ0v) is 12.1. The maximum atomic E-state index is 4.51. The Bertz CT molecular complexity index is 526. The van der Waals surface area contributed by atoms with Crippen LogP contribution in [0.5, 0.6) is 0 Å². The van der Waals surface area contributed by atoms with Crippen LogP contribution in [0.4, 0.5) is 0 Å². The molecule has 1 N–H and O–H groups in total. The van der Waals surface area contributed by atoms with Crippen LogP contribution in [0.3, 0.4) is 0 Å². The van der Waals surface area contributed by atoms with E-state index in [1.54, 1.807) is 0 Å². The van der Waals surface area contributed by atoms with Gasteiger partial charge >= 0.3 is 0 Å². The molecule has 0 spiro atoms. The lowest BCUT2D eigenvalue weighted by atomic mass is 9.96. The predicted molar refractivity (Wildman–Crippen MR) is 81.9 cm³/mol. The summed E-state index contributed by atoms with van der Waals surface area (Å²) in [5, 5.41) is 7.99. The van der Waals surface area contributed by atoms with Crippen molar-refractivity contribution < 1.29 is 0 Å². The van der Waals surface area contributed by atoms with Gasteiger partial charge in [-0.3, -0.25) is 0 Å². The summed E-state index contributed by atoms with van der Waals surface area (Å²) in [4.78, 5) is 0. The molecule has 3 nitrogen and oxygen atoms in total. The van der Waals surface area contributed by atoms with Gasteiger partial charge in [-0.1, -0.05) is 43.9 Å². The molecule has 1 aliphatic carbocycles. The standard InChI is InChI=1S/C17H23N3/c1-18-16(13-14-7-5-6-8-14)17-11-12-19-20(17)15-9-3-2-4-10-15/h2-4,9-12,14,16,18H,5-8,13H2,1H3. The molecule has 1 aliphatic rings. The van der Waals surface area contributed by atoms with E-state index in [0.29, 0.717) is 6.04 Å². The summed E-state index contributed by atoms with van der Waals surface area (Å²) in [6.07, 6.45) is 8.70. The molecule has 1 aromatic carbocycles. The van der Waals surface area contributed by atoms with Crippen molar-refractivity contribution in [3.05, 3.63) is 48.3 Å². The van der Waals surface area contributed by atoms with Gasteiger partial charge in [0.2, 0.25) is 0 Å². The van der Waals surface area contributed by atoms with Crippen LogP contribution in [-0.2, 0) is 0 Å². The second-order valence-electron chi connectivity index (χ2n) is 5.73. The first kappa shape index (κ1) is 13.4. The lowest BCUT2D eigenvalue weighted by Gasteiger charge is -2.21. The van der Waals surface area contributed by atoms with Crippen molar-refractivity contribution in [2.45, 2.75) is 38.1 Å². The molecule has 0 bridgehead atoms. The van der Waals surface area contributed by atoms with Gasteiger partial charge in [0.25, 0.3) is 0 Å². The highest BCUT2D eigenvalue weighted by Gasteiger charge is 2.22. The number of para-hydroxylation sites is 1. The fourth-order valence-corrected chi connectivity index (χ4v) is 3.33. The van der Waals surface area contributed by atoms with Gasteiger partial charge in [-0.25, -0.2) is 4.68 Å². The normalized spacial score (nSPS) is 17.4. The fraction of sp³-hybridized carbons (Fsp3) is 0.471. The Labute approximate surface area is 121 Å². The number of benzene rings is 1. The molecule has 0 amide bonds. The molecule has 3 rings (SSSR count). The average Bonchev–Trinajstić information content (AvgIpc) is 3.17. The van der Waals surface area contributed by atoms with Gasteiger partial charge in [0.05, 0.1) is 11.4 Å². The van der Waals surface area contributed by atoms with Crippen LogP contribution in [0.15, 0.2) is 42.6 Å². The van der Waals surface area contributed by atoms with E-state index in [2.05, 4.69) is 52.5 Å². The minimum atomic E-state index is 0.390. The van der Waals surface area contributed by atoms with Crippen LogP contribution in [0, 0.1) is 5.92 Å². The Morgan fingerprint density at radius 2 is 1.95 bits per heavy atom. The molecule has 106 valence electrons. The van der Waals surface area contributed by atoms with Crippen LogP contribution < -0.4 is 5.32 Å². The summed E-state index contributed by atoms with van der Waals surface area (Å²) >= 11 is 0. The highest BCUT2D eigenvalue weighted by molar-refractivity contribution is 5.33. The Kier molecular flexibility index (Phi) is 4.16. The minimum absolute atomic E-state index is 0.390. The number of hydrogen-bond donors (Lipinski definition) is 1. The Hall–Kier alpha value is -1.61. The SMILES string of the molecule is CNC(CC1CCCC1)c1ccnn1-c1ccccc1. The van der Waals surface area contributed by atoms with E-state index in [-0.39, 0.29) is 0 Å². The maximum Gasteiger partial charge on any atom is 0.0649 e. The first-order valence-electron chi connectivity index (χ1n) is 7.65. The highest BCUT2D eigenvalue weighted by atomic mass is 15.3. The van der Waals surface area contributed by atoms with E-state index in [1.807, 2.05) is 12.3 Å². The molecule has 1 fully saturated rings. The third-order valence-corrected chi connectivity index (χ3v) is 4.42. The van der Waals surface area contributed by atoms with E-state index >= 15 is 0 Å². The highest BCUT2D eigenvalue weighted by Crippen LogP contribution is 2.33.